The van der Waals surface area contributed by atoms with Crippen molar-refractivity contribution in [2.24, 2.45) is 11.5 Å². The highest BCUT2D eigenvalue weighted by Gasteiger charge is 2.31. The maximum absolute atomic E-state index is 12.5. The van der Waals surface area contributed by atoms with E-state index in [0.717, 1.165) is 12.1 Å². The smallest absolute Gasteiger partial charge is 0.330 e. The Labute approximate surface area is 118 Å². The fourth-order valence-electron chi connectivity index (χ4n) is 1.50. The molecule has 0 unspecified atom stereocenters. The van der Waals surface area contributed by atoms with E-state index in [-0.39, 0.29) is 12.4 Å². The highest BCUT2D eigenvalue weighted by Crippen LogP contribution is 2.34. The van der Waals surface area contributed by atoms with Gasteiger partial charge in [0.15, 0.2) is 0 Å². The molecule has 4 N–H and O–H groups in total. The van der Waals surface area contributed by atoms with E-state index in [4.69, 9.17) is 11.5 Å². The Morgan fingerprint density at radius 3 is 2.39 bits per heavy atom. The van der Waals surface area contributed by atoms with E-state index in [2.05, 4.69) is 15.9 Å². The van der Waals surface area contributed by atoms with Crippen molar-refractivity contribution < 1.29 is 13.2 Å². The van der Waals surface area contributed by atoms with Crippen LogP contribution in [0, 0.1) is 0 Å². The summed E-state index contributed by atoms with van der Waals surface area (Å²) in [6, 6.07) is 3.06. The summed E-state index contributed by atoms with van der Waals surface area (Å²) >= 11 is 3.21. The van der Waals surface area contributed by atoms with E-state index >= 15 is 0 Å². The minimum absolute atomic E-state index is 0. The molecule has 1 aromatic rings. The maximum Gasteiger partial charge on any atom is 0.416 e. The van der Waals surface area contributed by atoms with Crippen LogP contribution >= 0.6 is 28.3 Å². The molecule has 0 saturated carbocycles. The lowest BCUT2D eigenvalue weighted by Gasteiger charge is -2.16. The van der Waals surface area contributed by atoms with E-state index in [9.17, 15) is 13.2 Å². The standard InChI is InChI=1S/C11H14BrF3N2.ClH/c12-9-4-3-7(11(13,14)15)6-8(9)10(17)2-1-5-16;/h3-4,6,10H,1-2,5,16-17H2;1H/t10-;/m0./s1. The fraction of sp³-hybridized carbons (Fsp3) is 0.455. The molecular formula is C11H15BrClF3N2. The zero-order chi connectivity index (χ0) is 13.1. The molecular weight excluding hydrogens is 332 g/mol. The largest absolute Gasteiger partial charge is 0.416 e. The van der Waals surface area contributed by atoms with Crippen molar-refractivity contribution in [1.29, 1.82) is 0 Å². The molecule has 18 heavy (non-hydrogen) atoms. The number of alkyl halides is 3. The van der Waals surface area contributed by atoms with Crippen LogP contribution in [0.15, 0.2) is 22.7 Å². The van der Waals surface area contributed by atoms with Gasteiger partial charge in [0.05, 0.1) is 5.56 Å². The molecule has 0 fully saturated rings. The van der Waals surface area contributed by atoms with Gasteiger partial charge in [-0.25, -0.2) is 0 Å². The van der Waals surface area contributed by atoms with Crippen LogP contribution in [-0.4, -0.2) is 6.54 Å². The number of hydrogen-bond acceptors (Lipinski definition) is 2. The van der Waals surface area contributed by atoms with Crippen molar-refractivity contribution in [3.63, 3.8) is 0 Å². The third-order valence-electron chi connectivity index (χ3n) is 2.44. The second kappa shape index (κ2) is 7.33. The summed E-state index contributed by atoms with van der Waals surface area (Å²) in [5, 5.41) is 0. The molecule has 0 aromatic heterocycles. The van der Waals surface area contributed by atoms with E-state index in [0.29, 0.717) is 29.4 Å². The van der Waals surface area contributed by atoms with Gasteiger partial charge in [-0.3, -0.25) is 0 Å². The summed E-state index contributed by atoms with van der Waals surface area (Å²) in [6.45, 7) is 0.476. The van der Waals surface area contributed by atoms with Gasteiger partial charge >= 0.3 is 6.18 Å². The van der Waals surface area contributed by atoms with Gasteiger partial charge in [0.25, 0.3) is 0 Å². The first-order chi connectivity index (χ1) is 7.86. The van der Waals surface area contributed by atoms with Gasteiger partial charge in [0.1, 0.15) is 0 Å². The molecule has 1 aromatic carbocycles. The van der Waals surface area contributed by atoms with Crippen LogP contribution in [0.1, 0.15) is 30.0 Å². The molecule has 1 rings (SSSR count). The van der Waals surface area contributed by atoms with Crippen LogP contribution in [0.3, 0.4) is 0 Å². The molecule has 2 nitrogen and oxygen atoms in total. The Morgan fingerprint density at radius 2 is 1.89 bits per heavy atom. The van der Waals surface area contributed by atoms with Crippen LogP contribution in [0.5, 0.6) is 0 Å². The number of benzene rings is 1. The number of nitrogens with two attached hydrogens (primary N) is 2. The topological polar surface area (TPSA) is 52.0 Å². The lowest BCUT2D eigenvalue weighted by molar-refractivity contribution is -0.137. The third kappa shape index (κ3) is 4.76. The molecule has 0 heterocycles. The molecule has 0 saturated heterocycles. The summed E-state index contributed by atoms with van der Waals surface area (Å²) in [6.07, 6.45) is -3.09. The van der Waals surface area contributed by atoms with Gasteiger partial charge in [-0.15, -0.1) is 12.4 Å². The molecule has 0 aliphatic carbocycles. The van der Waals surface area contributed by atoms with Gasteiger partial charge < -0.3 is 11.5 Å². The monoisotopic (exact) mass is 346 g/mol. The fourth-order valence-corrected chi connectivity index (χ4v) is 2.04. The number of hydrogen-bond donors (Lipinski definition) is 2. The molecule has 0 aliphatic rings. The van der Waals surface area contributed by atoms with Crippen LogP contribution in [0.4, 0.5) is 13.2 Å². The zero-order valence-corrected chi connectivity index (χ0v) is 11.9. The summed E-state index contributed by atoms with van der Waals surface area (Å²) in [5.41, 5.74) is 11.0. The molecule has 104 valence electrons. The van der Waals surface area contributed by atoms with E-state index in [1.54, 1.807) is 0 Å². The van der Waals surface area contributed by atoms with Crippen molar-refractivity contribution in [3.05, 3.63) is 33.8 Å². The minimum atomic E-state index is -4.34. The highest BCUT2D eigenvalue weighted by atomic mass is 79.9. The van der Waals surface area contributed by atoms with Gasteiger partial charge in [0.2, 0.25) is 0 Å². The molecule has 0 radical (unpaired) electrons. The highest BCUT2D eigenvalue weighted by molar-refractivity contribution is 9.10. The van der Waals surface area contributed by atoms with Crippen LogP contribution in [0.25, 0.3) is 0 Å². The van der Waals surface area contributed by atoms with Crippen molar-refractivity contribution in [2.45, 2.75) is 25.1 Å². The average molecular weight is 348 g/mol. The molecule has 0 aliphatic heterocycles. The SMILES string of the molecule is Cl.NCCC[C@H](N)c1cc(C(F)(F)F)ccc1Br. The molecule has 7 heteroatoms. The second-order valence-corrected chi connectivity index (χ2v) is 4.63. The van der Waals surface area contributed by atoms with Gasteiger partial charge in [-0.05, 0) is 43.1 Å². The normalized spacial score (nSPS) is 13.0. The van der Waals surface area contributed by atoms with E-state index in [1.807, 2.05) is 0 Å². The average Bonchev–Trinajstić information content (AvgIpc) is 2.24. The van der Waals surface area contributed by atoms with E-state index < -0.39 is 17.8 Å². The van der Waals surface area contributed by atoms with Crippen molar-refractivity contribution >= 4 is 28.3 Å². The Morgan fingerprint density at radius 1 is 1.28 bits per heavy atom. The van der Waals surface area contributed by atoms with Crippen molar-refractivity contribution in [1.82, 2.24) is 0 Å². The lowest BCUT2D eigenvalue weighted by Crippen LogP contribution is -2.15. The van der Waals surface area contributed by atoms with Gasteiger partial charge in [-0.1, -0.05) is 15.9 Å². The van der Waals surface area contributed by atoms with E-state index in [1.165, 1.54) is 6.07 Å². The molecule has 1 atom stereocenters. The van der Waals surface area contributed by atoms with Gasteiger partial charge in [-0.2, -0.15) is 13.2 Å². The zero-order valence-electron chi connectivity index (χ0n) is 9.51. The minimum Gasteiger partial charge on any atom is -0.330 e. The predicted molar refractivity (Wildman–Crippen MR) is 71.6 cm³/mol. The Balaban J connectivity index is 0.00000289. The second-order valence-electron chi connectivity index (χ2n) is 3.77. The molecule has 0 spiro atoms. The van der Waals surface area contributed by atoms with Crippen LogP contribution < -0.4 is 11.5 Å². The third-order valence-corrected chi connectivity index (χ3v) is 3.16. The van der Waals surface area contributed by atoms with Crippen molar-refractivity contribution in [3.8, 4) is 0 Å². The lowest BCUT2D eigenvalue weighted by atomic mass is 10.0. The first kappa shape index (κ1) is 17.7. The first-order valence-corrected chi connectivity index (χ1v) is 5.98. The van der Waals surface area contributed by atoms with Crippen LogP contribution in [0.2, 0.25) is 0 Å². The predicted octanol–water partition coefficient (Wildman–Crippen LogP) is 3.63. The van der Waals surface area contributed by atoms with Crippen molar-refractivity contribution in [2.75, 3.05) is 6.54 Å². The Bertz CT molecular complexity index is 385. The first-order valence-electron chi connectivity index (χ1n) is 5.18. The number of rotatable bonds is 4. The summed E-state index contributed by atoms with van der Waals surface area (Å²) < 4.78 is 38.2. The Kier molecular flexibility index (Phi) is 7.21. The maximum atomic E-state index is 12.5. The van der Waals surface area contributed by atoms with Crippen LogP contribution in [-0.2, 0) is 6.18 Å². The summed E-state index contributed by atoms with van der Waals surface area (Å²) in [7, 11) is 0. The molecule has 0 bridgehead atoms. The summed E-state index contributed by atoms with van der Waals surface area (Å²) in [4.78, 5) is 0. The Hall–Kier alpha value is -0.300. The summed E-state index contributed by atoms with van der Waals surface area (Å²) in [5.74, 6) is 0. The quantitative estimate of drug-likeness (QED) is 0.874. The molecule has 0 amide bonds. The number of halogens is 5. The van der Waals surface area contributed by atoms with Gasteiger partial charge in [0, 0.05) is 10.5 Å².